The van der Waals surface area contributed by atoms with Crippen LogP contribution in [0.1, 0.15) is 39.7 Å². The lowest BCUT2D eigenvalue weighted by molar-refractivity contribution is 0.145. The van der Waals surface area contributed by atoms with Gasteiger partial charge in [-0.05, 0) is 51.8 Å². The third-order valence-corrected chi connectivity index (χ3v) is 6.74. The lowest BCUT2D eigenvalue weighted by Crippen LogP contribution is -2.42. The van der Waals surface area contributed by atoms with Crippen molar-refractivity contribution >= 4 is 15.8 Å². The number of methoxy groups -OCH3 is 1. The zero-order valence-electron chi connectivity index (χ0n) is 17.7. The third-order valence-electron chi connectivity index (χ3n) is 4.14. The quantitative estimate of drug-likeness (QED) is 0.329. The molecule has 0 saturated heterocycles. The minimum Gasteiger partial charge on any atom is -0.497 e. The van der Waals surface area contributed by atoms with E-state index in [4.69, 9.17) is 9.47 Å². The number of hydrogen-bond donors (Lipinski definition) is 2. The van der Waals surface area contributed by atoms with Crippen molar-refractivity contribution in [3.05, 3.63) is 29.8 Å². The summed E-state index contributed by atoms with van der Waals surface area (Å²) in [5, 5.41) is 6.36. The van der Waals surface area contributed by atoms with Crippen molar-refractivity contribution in [3.63, 3.8) is 0 Å². The van der Waals surface area contributed by atoms with Gasteiger partial charge in [0.1, 0.15) is 5.75 Å². The van der Waals surface area contributed by atoms with Gasteiger partial charge >= 0.3 is 0 Å². The van der Waals surface area contributed by atoms with E-state index >= 15 is 0 Å². The Bertz CT molecular complexity index is 695. The Morgan fingerprint density at radius 2 is 1.75 bits per heavy atom. The second kappa shape index (κ2) is 11.9. The van der Waals surface area contributed by atoms with E-state index in [-0.39, 0.29) is 5.75 Å². The number of hydrogen-bond acceptors (Lipinski definition) is 5. The number of aliphatic imine (C=N–C) groups is 1. The van der Waals surface area contributed by atoms with Crippen LogP contribution in [0.25, 0.3) is 0 Å². The SMILES string of the molecule is CCOCCCNC(=NCc1ccc(OC)cc1)NCCS(=O)(=O)C(C)(C)C. The number of nitrogens with zero attached hydrogens (tertiary/aromatic N) is 1. The molecule has 7 nitrogen and oxygen atoms in total. The Labute approximate surface area is 169 Å². The van der Waals surface area contributed by atoms with Gasteiger partial charge < -0.3 is 20.1 Å². The minimum atomic E-state index is -3.18. The van der Waals surface area contributed by atoms with Crippen LogP contribution in [0, 0.1) is 0 Å². The fraction of sp³-hybridized carbons (Fsp3) is 0.650. The molecule has 0 aliphatic rings. The first-order valence-corrected chi connectivity index (χ1v) is 11.3. The summed E-state index contributed by atoms with van der Waals surface area (Å²) in [6.07, 6.45) is 0.845. The van der Waals surface area contributed by atoms with Gasteiger partial charge in [0.15, 0.2) is 15.8 Å². The maximum absolute atomic E-state index is 12.3. The molecule has 0 heterocycles. The molecular weight excluding hydrogens is 378 g/mol. The summed E-state index contributed by atoms with van der Waals surface area (Å²) in [6, 6.07) is 7.70. The zero-order valence-corrected chi connectivity index (χ0v) is 18.6. The minimum absolute atomic E-state index is 0.0542. The number of nitrogens with one attached hydrogen (secondary N) is 2. The topological polar surface area (TPSA) is 89.0 Å². The molecule has 2 N–H and O–H groups in total. The van der Waals surface area contributed by atoms with Crippen molar-refractivity contribution in [1.29, 1.82) is 0 Å². The molecule has 0 spiro atoms. The van der Waals surface area contributed by atoms with E-state index in [1.807, 2.05) is 31.2 Å². The Kier molecular flexibility index (Phi) is 10.3. The lowest BCUT2D eigenvalue weighted by Gasteiger charge is -2.20. The van der Waals surface area contributed by atoms with Gasteiger partial charge in [0.25, 0.3) is 0 Å². The smallest absolute Gasteiger partial charge is 0.191 e. The van der Waals surface area contributed by atoms with Crippen LogP contribution in [0.2, 0.25) is 0 Å². The van der Waals surface area contributed by atoms with Crippen LogP contribution in [0.3, 0.4) is 0 Å². The molecule has 0 atom stereocenters. The molecule has 0 aliphatic heterocycles. The lowest BCUT2D eigenvalue weighted by atomic mass is 10.2. The van der Waals surface area contributed by atoms with Gasteiger partial charge in [-0.25, -0.2) is 13.4 Å². The molecular formula is C20H35N3O4S. The van der Waals surface area contributed by atoms with Gasteiger partial charge in [0.05, 0.1) is 24.2 Å². The van der Waals surface area contributed by atoms with Crippen LogP contribution < -0.4 is 15.4 Å². The molecule has 28 heavy (non-hydrogen) atoms. The molecule has 1 aromatic carbocycles. The highest BCUT2D eigenvalue weighted by Gasteiger charge is 2.28. The average molecular weight is 414 g/mol. The fourth-order valence-corrected chi connectivity index (χ4v) is 3.19. The predicted molar refractivity (Wildman–Crippen MR) is 115 cm³/mol. The number of rotatable bonds is 11. The van der Waals surface area contributed by atoms with E-state index in [9.17, 15) is 8.42 Å². The standard InChI is InChI=1S/C20H35N3O4S/c1-6-27-14-7-12-21-19(22-13-15-28(24,25)20(2,3)4)23-16-17-8-10-18(26-5)11-9-17/h8-11H,6-7,12-16H2,1-5H3,(H2,21,22,23). The van der Waals surface area contributed by atoms with Crippen LogP contribution in [-0.4, -0.2) is 58.3 Å². The van der Waals surface area contributed by atoms with E-state index in [2.05, 4.69) is 15.6 Å². The largest absolute Gasteiger partial charge is 0.497 e. The first-order chi connectivity index (χ1) is 13.2. The molecule has 0 aliphatic carbocycles. The average Bonchev–Trinajstić information content (AvgIpc) is 2.64. The maximum Gasteiger partial charge on any atom is 0.191 e. The summed E-state index contributed by atoms with van der Waals surface area (Å²) in [7, 11) is -1.55. The zero-order chi connectivity index (χ0) is 21.0. The Morgan fingerprint density at radius 1 is 1.11 bits per heavy atom. The summed E-state index contributed by atoms with van der Waals surface area (Å²) in [4.78, 5) is 4.57. The Morgan fingerprint density at radius 3 is 2.32 bits per heavy atom. The summed E-state index contributed by atoms with van der Waals surface area (Å²) < 4.78 is 34.3. The highest BCUT2D eigenvalue weighted by atomic mass is 32.2. The van der Waals surface area contributed by atoms with E-state index in [1.165, 1.54) is 0 Å². The first kappa shape index (κ1) is 24.2. The summed E-state index contributed by atoms with van der Waals surface area (Å²) >= 11 is 0. The van der Waals surface area contributed by atoms with Crippen LogP contribution >= 0.6 is 0 Å². The summed E-state index contributed by atoms with van der Waals surface area (Å²) in [6.45, 7) is 9.96. The summed E-state index contributed by atoms with van der Waals surface area (Å²) in [5.74, 6) is 1.45. The molecule has 1 rings (SSSR count). The van der Waals surface area contributed by atoms with Crippen molar-refractivity contribution < 1.29 is 17.9 Å². The van der Waals surface area contributed by atoms with Gasteiger partial charge in [0, 0.05) is 26.3 Å². The highest BCUT2D eigenvalue weighted by Crippen LogP contribution is 2.15. The number of ether oxygens (including phenoxy) is 2. The molecule has 0 saturated carbocycles. The molecule has 0 unspecified atom stereocenters. The van der Waals surface area contributed by atoms with Crippen LogP contribution in [0.5, 0.6) is 5.75 Å². The van der Waals surface area contributed by atoms with Crippen molar-refractivity contribution in [2.75, 3.05) is 39.2 Å². The van der Waals surface area contributed by atoms with Gasteiger partial charge in [0.2, 0.25) is 0 Å². The summed E-state index contributed by atoms with van der Waals surface area (Å²) in [5.41, 5.74) is 1.04. The number of benzene rings is 1. The van der Waals surface area contributed by atoms with Gasteiger partial charge in [-0.15, -0.1) is 0 Å². The normalized spacial score (nSPS) is 12.7. The maximum atomic E-state index is 12.3. The molecule has 0 aromatic heterocycles. The second-order valence-corrected chi connectivity index (χ2v) is 10.2. The molecule has 0 radical (unpaired) electrons. The molecule has 0 fully saturated rings. The fourth-order valence-electron chi connectivity index (χ4n) is 2.21. The Balaban J connectivity index is 2.66. The predicted octanol–water partition coefficient (Wildman–Crippen LogP) is 2.37. The highest BCUT2D eigenvalue weighted by molar-refractivity contribution is 7.92. The Hall–Kier alpha value is -1.80. The number of sulfone groups is 1. The molecule has 160 valence electrons. The van der Waals surface area contributed by atoms with Crippen LogP contribution in [0.15, 0.2) is 29.3 Å². The van der Waals surface area contributed by atoms with E-state index in [0.29, 0.717) is 38.8 Å². The van der Waals surface area contributed by atoms with Gasteiger partial charge in [-0.3, -0.25) is 0 Å². The first-order valence-electron chi connectivity index (χ1n) is 9.64. The number of guanidine groups is 1. The van der Waals surface area contributed by atoms with Crippen LogP contribution in [-0.2, 0) is 21.1 Å². The van der Waals surface area contributed by atoms with Crippen molar-refractivity contribution in [2.24, 2.45) is 4.99 Å². The van der Waals surface area contributed by atoms with Gasteiger partial charge in [-0.2, -0.15) is 0 Å². The third kappa shape index (κ3) is 8.93. The van der Waals surface area contributed by atoms with Gasteiger partial charge in [-0.1, -0.05) is 12.1 Å². The molecule has 1 aromatic rings. The monoisotopic (exact) mass is 413 g/mol. The van der Waals surface area contributed by atoms with Crippen molar-refractivity contribution in [2.45, 2.75) is 45.4 Å². The van der Waals surface area contributed by atoms with E-state index in [1.54, 1.807) is 27.9 Å². The van der Waals surface area contributed by atoms with E-state index < -0.39 is 14.6 Å². The second-order valence-electron chi connectivity index (χ2n) is 7.35. The van der Waals surface area contributed by atoms with Crippen LogP contribution in [0.4, 0.5) is 0 Å². The van der Waals surface area contributed by atoms with Crippen molar-refractivity contribution in [1.82, 2.24) is 10.6 Å². The molecule has 0 amide bonds. The molecule has 0 bridgehead atoms. The molecule has 8 heteroatoms. The van der Waals surface area contributed by atoms with E-state index in [0.717, 1.165) is 17.7 Å². The van der Waals surface area contributed by atoms with Crippen molar-refractivity contribution in [3.8, 4) is 5.75 Å².